The number of benzene rings is 1. The maximum atomic E-state index is 13.7. The minimum atomic E-state index is -0.368. The van der Waals surface area contributed by atoms with Gasteiger partial charge in [-0.1, -0.05) is 12.5 Å². The SMILES string of the molecule is Cc1ccc(C(=O)N2CCN(C(=O)C[C@@H]3CCC[C@H]3N)CC2)cc1F.Cl. The molecule has 2 amide bonds. The van der Waals surface area contributed by atoms with Crippen LogP contribution >= 0.6 is 12.4 Å². The van der Waals surface area contributed by atoms with Crippen LogP contribution in [0.1, 0.15) is 41.6 Å². The smallest absolute Gasteiger partial charge is 0.254 e. The van der Waals surface area contributed by atoms with Crippen LogP contribution in [0.2, 0.25) is 0 Å². The van der Waals surface area contributed by atoms with Crippen LogP contribution in [-0.4, -0.2) is 53.8 Å². The van der Waals surface area contributed by atoms with Crippen LogP contribution in [-0.2, 0) is 4.79 Å². The fourth-order valence-electron chi connectivity index (χ4n) is 3.74. The molecule has 7 heteroatoms. The van der Waals surface area contributed by atoms with Crippen molar-refractivity contribution in [2.75, 3.05) is 26.2 Å². The molecule has 2 aliphatic rings. The summed E-state index contributed by atoms with van der Waals surface area (Å²) in [5.41, 5.74) is 6.94. The van der Waals surface area contributed by atoms with Gasteiger partial charge in [-0.05, 0) is 43.4 Å². The average Bonchev–Trinajstić information content (AvgIpc) is 3.01. The van der Waals surface area contributed by atoms with E-state index in [2.05, 4.69) is 0 Å². The zero-order valence-electron chi connectivity index (χ0n) is 15.1. The van der Waals surface area contributed by atoms with Crippen molar-refractivity contribution in [2.24, 2.45) is 11.7 Å². The number of rotatable bonds is 3. The van der Waals surface area contributed by atoms with Gasteiger partial charge in [0.25, 0.3) is 5.91 Å². The van der Waals surface area contributed by atoms with E-state index >= 15 is 0 Å². The van der Waals surface area contributed by atoms with Crippen LogP contribution in [0.4, 0.5) is 4.39 Å². The Morgan fingerprint density at radius 2 is 1.81 bits per heavy atom. The molecule has 5 nitrogen and oxygen atoms in total. The van der Waals surface area contributed by atoms with Crippen molar-refractivity contribution in [1.29, 1.82) is 0 Å². The second kappa shape index (κ2) is 8.82. The van der Waals surface area contributed by atoms with Crippen molar-refractivity contribution < 1.29 is 14.0 Å². The van der Waals surface area contributed by atoms with E-state index in [-0.39, 0.29) is 36.1 Å². The molecule has 0 radical (unpaired) electrons. The van der Waals surface area contributed by atoms with Crippen LogP contribution in [0.15, 0.2) is 18.2 Å². The molecule has 0 bridgehead atoms. The lowest BCUT2D eigenvalue weighted by Crippen LogP contribution is -2.51. The number of amides is 2. The summed E-state index contributed by atoms with van der Waals surface area (Å²) in [4.78, 5) is 28.5. The van der Waals surface area contributed by atoms with E-state index < -0.39 is 0 Å². The molecule has 2 N–H and O–H groups in total. The number of nitrogens with two attached hydrogens (primary N) is 1. The van der Waals surface area contributed by atoms with Crippen LogP contribution in [0.5, 0.6) is 0 Å². The number of carbonyl (C=O) groups excluding carboxylic acids is 2. The number of carbonyl (C=O) groups is 2. The number of piperazine rings is 1. The Labute approximate surface area is 160 Å². The quantitative estimate of drug-likeness (QED) is 0.871. The third kappa shape index (κ3) is 4.54. The van der Waals surface area contributed by atoms with E-state index in [9.17, 15) is 14.0 Å². The van der Waals surface area contributed by atoms with Gasteiger partial charge in [0.05, 0.1) is 0 Å². The van der Waals surface area contributed by atoms with Gasteiger partial charge < -0.3 is 15.5 Å². The van der Waals surface area contributed by atoms with E-state index in [1.165, 1.54) is 6.07 Å². The lowest BCUT2D eigenvalue weighted by molar-refractivity contribution is -0.133. The molecular weight excluding hydrogens is 357 g/mol. The molecule has 2 fully saturated rings. The molecule has 1 aliphatic heterocycles. The average molecular weight is 384 g/mol. The predicted molar refractivity (Wildman–Crippen MR) is 101 cm³/mol. The lowest BCUT2D eigenvalue weighted by atomic mass is 9.99. The zero-order valence-corrected chi connectivity index (χ0v) is 15.9. The first-order valence-electron chi connectivity index (χ1n) is 9.04. The van der Waals surface area contributed by atoms with Gasteiger partial charge in [-0.15, -0.1) is 12.4 Å². The molecule has 2 atom stereocenters. The molecular formula is C19H27ClFN3O2. The topological polar surface area (TPSA) is 66.6 Å². The molecule has 1 aromatic rings. The van der Waals surface area contributed by atoms with Crippen LogP contribution in [0.25, 0.3) is 0 Å². The number of hydrogen-bond acceptors (Lipinski definition) is 3. The molecule has 3 rings (SSSR count). The van der Waals surface area contributed by atoms with Gasteiger partial charge in [0.1, 0.15) is 5.82 Å². The summed E-state index contributed by atoms with van der Waals surface area (Å²) in [5, 5.41) is 0. The zero-order chi connectivity index (χ0) is 18.0. The second-order valence-electron chi connectivity index (χ2n) is 7.20. The molecule has 0 spiro atoms. The third-order valence-corrected chi connectivity index (χ3v) is 5.49. The summed E-state index contributed by atoms with van der Waals surface area (Å²) in [5.74, 6) is -0.116. The van der Waals surface area contributed by atoms with Crippen LogP contribution < -0.4 is 5.73 Å². The summed E-state index contributed by atoms with van der Waals surface area (Å²) in [6.07, 6.45) is 3.66. The summed E-state index contributed by atoms with van der Waals surface area (Å²) >= 11 is 0. The number of nitrogens with zero attached hydrogens (tertiary/aromatic N) is 2. The van der Waals surface area contributed by atoms with Crippen molar-refractivity contribution in [3.8, 4) is 0 Å². The van der Waals surface area contributed by atoms with Gasteiger partial charge in [0.2, 0.25) is 5.91 Å². The normalized spacial score (nSPS) is 22.9. The summed E-state index contributed by atoms with van der Waals surface area (Å²) in [6, 6.07) is 4.70. The van der Waals surface area contributed by atoms with Crippen molar-refractivity contribution in [1.82, 2.24) is 9.80 Å². The fourth-order valence-corrected chi connectivity index (χ4v) is 3.74. The van der Waals surface area contributed by atoms with E-state index in [0.29, 0.717) is 49.6 Å². The molecule has 144 valence electrons. The van der Waals surface area contributed by atoms with Gasteiger partial charge in [-0.25, -0.2) is 4.39 Å². The molecule has 1 aromatic carbocycles. The summed E-state index contributed by atoms with van der Waals surface area (Å²) in [6.45, 7) is 3.69. The Balaban J connectivity index is 0.00000243. The highest BCUT2D eigenvalue weighted by Crippen LogP contribution is 2.27. The highest BCUT2D eigenvalue weighted by atomic mass is 35.5. The molecule has 1 heterocycles. The van der Waals surface area contributed by atoms with Gasteiger partial charge in [0, 0.05) is 44.2 Å². The van der Waals surface area contributed by atoms with Gasteiger partial charge >= 0.3 is 0 Å². The Morgan fingerprint density at radius 3 is 2.38 bits per heavy atom. The van der Waals surface area contributed by atoms with Gasteiger partial charge in [-0.3, -0.25) is 9.59 Å². The standard InChI is InChI=1S/C19H26FN3O2.ClH/c1-13-5-6-15(11-16(13)20)19(25)23-9-7-22(8-10-23)18(24)12-14-3-2-4-17(14)21;/h5-6,11,14,17H,2-4,7-10,12,21H2,1H3;1H/t14-,17+;/m0./s1. The minimum Gasteiger partial charge on any atom is -0.339 e. The first kappa shape index (κ1) is 20.6. The first-order valence-corrected chi connectivity index (χ1v) is 9.04. The molecule has 1 aliphatic carbocycles. The van der Waals surface area contributed by atoms with Crippen molar-refractivity contribution in [2.45, 2.75) is 38.6 Å². The monoisotopic (exact) mass is 383 g/mol. The Hall–Kier alpha value is -1.66. The number of halogens is 2. The summed E-state index contributed by atoms with van der Waals surface area (Å²) in [7, 11) is 0. The largest absolute Gasteiger partial charge is 0.339 e. The van der Waals surface area contributed by atoms with Gasteiger partial charge in [-0.2, -0.15) is 0 Å². The van der Waals surface area contributed by atoms with Crippen molar-refractivity contribution >= 4 is 24.2 Å². The fraction of sp³-hybridized carbons (Fsp3) is 0.579. The molecule has 1 saturated carbocycles. The molecule has 0 unspecified atom stereocenters. The molecule has 26 heavy (non-hydrogen) atoms. The Kier molecular flexibility index (Phi) is 7.01. The number of aryl methyl sites for hydroxylation is 1. The Morgan fingerprint density at radius 1 is 1.15 bits per heavy atom. The lowest BCUT2D eigenvalue weighted by Gasteiger charge is -2.35. The number of hydrogen-bond donors (Lipinski definition) is 1. The highest BCUT2D eigenvalue weighted by molar-refractivity contribution is 5.94. The molecule has 1 saturated heterocycles. The van der Waals surface area contributed by atoms with E-state index in [1.807, 2.05) is 4.90 Å². The third-order valence-electron chi connectivity index (χ3n) is 5.49. The highest BCUT2D eigenvalue weighted by Gasteiger charge is 2.30. The maximum absolute atomic E-state index is 13.7. The maximum Gasteiger partial charge on any atom is 0.254 e. The molecule has 0 aromatic heterocycles. The van der Waals surface area contributed by atoms with E-state index in [1.54, 1.807) is 24.0 Å². The Bertz CT molecular complexity index is 662. The van der Waals surface area contributed by atoms with E-state index in [4.69, 9.17) is 5.73 Å². The minimum absolute atomic E-state index is 0. The van der Waals surface area contributed by atoms with Crippen LogP contribution in [0.3, 0.4) is 0 Å². The van der Waals surface area contributed by atoms with Crippen molar-refractivity contribution in [3.05, 3.63) is 35.1 Å². The van der Waals surface area contributed by atoms with Gasteiger partial charge in [0.15, 0.2) is 0 Å². The predicted octanol–water partition coefficient (Wildman–Crippen LogP) is 2.36. The van der Waals surface area contributed by atoms with Crippen LogP contribution in [0, 0.1) is 18.7 Å². The van der Waals surface area contributed by atoms with E-state index in [0.717, 1.165) is 19.3 Å². The second-order valence-corrected chi connectivity index (χ2v) is 7.20. The summed E-state index contributed by atoms with van der Waals surface area (Å²) < 4.78 is 13.7. The first-order chi connectivity index (χ1) is 12.0. The van der Waals surface area contributed by atoms with Crippen molar-refractivity contribution in [3.63, 3.8) is 0 Å².